The first-order valence-electron chi connectivity index (χ1n) is 8.88. The molecule has 0 N–H and O–H groups in total. The molecule has 2 aromatic carbocycles. The smallest absolute Gasteiger partial charge is 0.137 e. The van der Waals surface area contributed by atoms with Gasteiger partial charge >= 0.3 is 0 Å². The Labute approximate surface area is 152 Å². The van der Waals surface area contributed by atoms with Crippen molar-refractivity contribution >= 4 is 11.0 Å². The van der Waals surface area contributed by atoms with E-state index in [9.17, 15) is 4.39 Å². The van der Waals surface area contributed by atoms with Crippen molar-refractivity contribution < 1.29 is 13.6 Å². The molecule has 0 unspecified atom stereocenters. The number of likely N-dealkylation sites (N-methyl/N-ethyl adjacent to an activating group) is 1. The maximum Gasteiger partial charge on any atom is 0.137 e. The van der Waals surface area contributed by atoms with Crippen LogP contribution in [0.25, 0.3) is 22.3 Å². The van der Waals surface area contributed by atoms with Gasteiger partial charge in [-0.25, -0.2) is 4.39 Å². The van der Waals surface area contributed by atoms with Crippen LogP contribution >= 0.6 is 0 Å². The molecular formula is C21H23FN2O2. The van der Waals surface area contributed by atoms with Crippen LogP contribution in [-0.4, -0.2) is 31.1 Å². The summed E-state index contributed by atoms with van der Waals surface area (Å²) in [7, 11) is 0. The molecule has 0 aliphatic carbocycles. The van der Waals surface area contributed by atoms with Crippen molar-refractivity contribution in [1.29, 1.82) is 0 Å². The Kier molecular flexibility index (Phi) is 6.02. The van der Waals surface area contributed by atoms with Gasteiger partial charge in [0.2, 0.25) is 0 Å². The first-order chi connectivity index (χ1) is 12.7. The Morgan fingerprint density at radius 3 is 2.54 bits per heavy atom. The van der Waals surface area contributed by atoms with Crippen LogP contribution in [0.1, 0.15) is 13.8 Å². The van der Waals surface area contributed by atoms with Crippen molar-refractivity contribution in [2.24, 2.45) is 5.16 Å². The molecule has 0 aliphatic heterocycles. The second-order valence-electron chi connectivity index (χ2n) is 5.95. The van der Waals surface area contributed by atoms with Gasteiger partial charge < -0.3 is 14.2 Å². The van der Waals surface area contributed by atoms with E-state index < -0.39 is 0 Å². The molecule has 0 saturated carbocycles. The third kappa shape index (κ3) is 4.29. The van der Waals surface area contributed by atoms with Crippen LogP contribution < -0.4 is 5.36 Å². The summed E-state index contributed by atoms with van der Waals surface area (Å²) in [6.45, 7) is 7.44. The van der Waals surface area contributed by atoms with E-state index in [1.807, 2.05) is 30.3 Å². The van der Waals surface area contributed by atoms with Crippen LogP contribution in [0, 0.1) is 5.82 Å². The third-order valence-corrected chi connectivity index (χ3v) is 4.32. The lowest BCUT2D eigenvalue weighted by atomic mass is 10.1. The Hall–Kier alpha value is -2.66. The molecule has 0 spiro atoms. The standard InChI is InChI=1S/C21H23FN2O2/c1-3-24(4-2)12-13-25-23-19-15-21(16-8-6-5-7-9-16)26-20-11-10-17(22)14-18(19)20/h5-11,14-15H,3-4,12-13H2,1-2H3/b23-19-. The summed E-state index contributed by atoms with van der Waals surface area (Å²) in [4.78, 5) is 7.76. The lowest BCUT2D eigenvalue weighted by Gasteiger charge is -2.16. The Bertz CT molecular complexity index is 918. The minimum absolute atomic E-state index is 0.334. The van der Waals surface area contributed by atoms with Crippen molar-refractivity contribution in [3.8, 4) is 11.3 Å². The molecule has 136 valence electrons. The van der Waals surface area contributed by atoms with Gasteiger partial charge in [-0.3, -0.25) is 0 Å². The Balaban J connectivity index is 1.96. The highest BCUT2D eigenvalue weighted by Crippen LogP contribution is 2.22. The maximum atomic E-state index is 13.7. The van der Waals surface area contributed by atoms with E-state index in [1.54, 1.807) is 12.1 Å². The number of fused-ring (bicyclic) bond motifs is 1. The summed E-state index contributed by atoms with van der Waals surface area (Å²) in [5.74, 6) is 0.329. The molecule has 0 saturated heterocycles. The molecule has 1 aromatic heterocycles. The minimum Gasteiger partial charge on any atom is -0.456 e. The SMILES string of the molecule is CCN(CC)CCO/N=c1/cc(-c2ccccc2)oc2ccc(F)cc12. The normalized spacial score (nSPS) is 12.1. The average molecular weight is 354 g/mol. The molecule has 0 bridgehead atoms. The summed E-state index contributed by atoms with van der Waals surface area (Å²) < 4.78 is 19.6. The predicted molar refractivity (Wildman–Crippen MR) is 101 cm³/mol. The van der Waals surface area contributed by atoms with Crippen molar-refractivity contribution in [1.82, 2.24) is 4.90 Å². The van der Waals surface area contributed by atoms with Gasteiger partial charge in [0.15, 0.2) is 0 Å². The Morgan fingerprint density at radius 1 is 1.04 bits per heavy atom. The zero-order valence-electron chi connectivity index (χ0n) is 15.1. The van der Waals surface area contributed by atoms with E-state index in [-0.39, 0.29) is 5.82 Å². The molecular weight excluding hydrogens is 331 g/mol. The van der Waals surface area contributed by atoms with Crippen LogP contribution in [-0.2, 0) is 4.84 Å². The highest BCUT2D eigenvalue weighted by atomic mass is 19.1. The molecule has 1 heterocycles. The van der Waals surface area contributed by atoms with E-state index in [0.717, 1.165) is 25.2 Å². The molecule has 0 fully saturated rings. The number of nitrogens with zero attached hydrogens (tertiary/aromatic N) is 2. The monoisotopic (exact) mass is 354 g/mol. The Morgan fingerprint density at radius 2 is 1.81 bits per heavy atom. The van der Waals surface area contributed by atoms with Gasteiger partial charge in [-0.1, -0.05) is 49.3 Å². The number of benzene rings is 2. The molecule has 4 nitrogen and oxygen atoms in total. The molecule has 0 amide bonds. The van der Waals surface area contributed by atoms with Gasteiger partial charge in [0.05, 0.1) is 0 Å². The van der Waals surface area contributed by atoms with Gasteiger partial charge in [-0.05, 0) is 31.3 Å². The zero-order valence-corrected chi connectivity index (χ0v) is 15.1. The van der Waals surface area contributed by atoms with E-state index >= 15 is 0 Å². The molecule has 0 radical (unpaired) electrons. The molecule has 0 aliphatic rings. The zero-order chi connectivity index (χ0) is 18.4. The highest BCUT2D eigenvalue weighted by Gasteiger charge is 2.07. The lowest BCUT2D eigenvalue weighted by Crippen LogP contribution is -2.26. The quantitative estimate of drug-likeness (QED) is 0.466. The first kappa shape index (κ1) is 18.1. The number of hydrogen-bond acceptors (Lipinski definition) is 4. The van der Waals surface area contributed by atoms with Crippen LogP contribution in [0.5, 0.6) is 0 Å². The van der Waals surface area contributed by atoms with Gasteiger partial charge in [0, 0.05) is 23.6 Å². The molecule has 26 heavy (non-hydrogen) atoms. The van der Waals surface area contributed by atoms with Crippen molar-refractivity contribution in [2.75, 3.05) is 26.2 Å². The fraction of sp³-hybridized carbons (Fsp3) is 0.286. The van der Waals surface area contributed by atoms with Gasteiger partial charge in [0.25, 0.3) is 0 Å². The number of halogens is 1. The summed E-state index contributed by atoms with van der Waals surface area (Å²) in [6, 6.07) is 15.9. The highest BCUT2D eigenvalue weighted by molar-refractivity contribution is 5.78. The lowest BCUT2D eigenvalue weighted by molar-refractivity contribution is 0.106. The predicted octanol–water partition coefficient (Wildman–Crippen LogP) is 4.41. The maximum absolute atomic E-state index is 13.7. The summed E-state index contributed by atoms with van der Waals surface area (Å²) in [5.41, 5.74) is 1.50. The fourth-order valence-corrected chi connectivity index (χ4v) is 2.79. The fourth-order valence-electron chi connectivity index (χ4n) is 2.79. The number of hydrogen-bond donors (Lipinski definition) is 0. The van der Waals surface area contributed by atoms with E-state index in [1.165, 1.54) is 12.1 Å². The largest absolute Gasteiger partial charge is 0.456 e. The summed E-state index contributed by atoms with van der Waals surface area (Å²) in [6.07, 6.45) is 0. The van der Waals surface area contributed by atoms with Gasteiger partial charge in [0.1, 0.15) is 29.1 Å². The minimum atomic E-state index is -0.334. The first-order valence-corrected chi connectivity index (χ1v) is 8.88. The molecule has 0 atom stereocenters. The van der Waals surface area contributed by atoms with Gasteiger partial charge in [-0.15, -0.1) is 0 Å². The van der Waals surface area contributed by atoms with Crippen LogP contribution in [0.3, 0.4) is 0 Å². The third-order valence-electron chi connectivity index (χ3n) is 4.32. The second-order valence-corrected chi connectivity index (χ2v) is 5.95. The van der Waals surface area contributed by atoms with E-state index in [2.05, 4.69) is 23.9 Å². The van der Waals surface area contributed by atoms with E-state index in [0.29, 0.717) is 28.7 Å². The van der Waals surface area contributed by atoms with Crippen molar-refractivity contribution in [3.63, 3.8) is 0 Å². The topological polar surface area (TPSA) is 38.0 Å². The van der Waals surface area contributed by atoms with Crippen LogP contribution in [0.4, 0.5) is 4.39 Å². The summed E-state index contributed by atoms with van der Waals surface area (Å²) >= 11 is 0. The van der Waals surface area contributed by atoms with Gasteiger partial charge in [-0.2, -0.15) is 0 Å². The van der Waals surface area contributed by atoms with Crippen molar-refractivity contribution in [2.45, 2.75) is 13.8 Å². The molecule has 3 rings (SSSR count). The molecule has 3 aromatic rings. The second kappa shape index (κ2) is 8.63. The average Bonchev–Trinajstić information content (AvgIpc) is 2.68. The summed E-state index contributed by atoms with van der Waals surface area (Å²) in [5, 5.41) is 5.40. The van der Waals surface area contributed by atoms with E-state index in [4.69, 9.17) is 9.25 Å². The molecule has 5 heteroatoms. The van der Waals surface area contributed by atoms with Crippen molar-refractivity contribution in [3.05, 3.63) is 65.8 Å². The van der Waals surface area contributed by atoms with Crippen LogP contribution in [0.2, 0.25) is 0 Å². The number of rotatable bonds is 7. The van der Waals surface area contributed by atoms with Crippen LogP contribution in [0.15, 0.2) is 64.2 Å².